The van der Waals surface area contributed by atoms with E-state index in [4.69, 9.17) is 11.6 Å². The highest BCUT2D eigenvalue weighted by molar-refractivity contribution is 7.91. The Hall–Kier alpha value is -2.05. The molecule has 0 spiro atoms. The molecule has 2 heterocycles. The monoisotopic (exact) mass is 458 g/mol. The van der Waals surface area contributed by atoms with Crippen LogP contribution >= 0.6 is 22.9 Å². The SMILES string of the molecule is CC(C(=O)Nc1cccc([N+](=O)[O-])c1)N1CCN(S(=O)(=O)c2ccc(Cl)s2)CC1. The fraction of sp³-hybridized carbons (Fsp3) is 0.353. The lowest BCUT2D eigenvalue weighted by Crippen LogP contribution is -2.53. The van der Waals surface area contributed by atoms with Crippen molar-refractivity contribution in [3.8, 4) is 0 Å². The van der Waals surface area contributed by atoms with Crippen LogP contribution in [0.2, 0.25) is 4.34 Å². The summed E-state index contributed by atoms with van der Waals surface area (Å²) in [5, 5.41) is 13.5. The summed E-state index contributed by atoms with van der Waals surface area (Å²) in [5.74, 6) is -0.313. The van der Waals surface area contributed by atoms with Crippen molar-refractivity contribution >= 4 is 50.2 Å². The number of nitro benzene ring substituents is 1. The van der Waals surface area contributed by atoms with Crippen LogP contribution in [0.1, 0.15) is 6.92 Å². The average Bonchev–Trinajstić information content (AvgIpc) is 3.15. The molecule has 0 radical (unpaired) electrons. The minimum absolute atomic E-state index is 0.108. The van der Waals surface area contributed by atoms with Crippen LogP contribution in [0.25, 0.3) is 0 Å². The summed E-state index contributed by atoms with van der Waals surface area (Å²) < 4.78 is 27.3. The van der Waals surface area contributed by atoms with Crippen molar-refractivity contribution in [3.05, 3.63) is 50.8 Å². The van der Waals surface area contributed by atoms with Crippen LogP contribution in [0.15, 0.2) is 40.6 Å². The fourth-order valence-corrected chi connectivity index (χ4v) is 6.06. The zero-order valence-electron chi connectivity index (χ0n) is 15.4. The van der Waals surface area contributed by atoms with Gasteiger partial charge in [0.25, 0.3) is 15.7 Å². The second kappa shape index (κ2) is 8.76. The van der Waals surface area contributed by atoms with Gasteiger partial charge in [-0.2, -0.15) is 4.31 Å². The number of nitrogens with one attached hydrogen (secondary N) is 1. The molecular formula is C17H19ClN4O5S2. The molecule has 1 atom stereocenters. The molecule has 1 unspecified atom stereocenters. The molecule has 1 aliphatic heterocycles. The maximum atomic E-state index is 12.7. The van der Waals surface area contributed by atoms with Gasteiger partial charge in [0.15, 0.2) is 0 Å². The molecule has 0 aliphatic carbocycles. The van der Waals surface area contributed by atoms with Gasteiger partial charge in [0.2, 0.25) is 5.91 Å². The Kier molecular flexibility index (Phi) is 6.54. The van der Waals surface area contributed by atoms with Gasteiger partial charge in [-0.05, 0) is 25.1 Å². The molecule has 1 aromatic heterocycles. The second-order valence-electron chi connectivity index (χ2n) is 6.47. The van der Waals surface area contributed by atoms with Crippen molar-refractivity contribution in [2.24, 2.45) is 0 Å². The number of non-ortho nitro benzene ring substituents is 1. The number of nitro groups is 1. The zero-order valence-corrected chi connectivity index (χ0v) is 17.8. The van der Waals surface area contributed by atoms with Gasteiger partial charge in [0, 0.05) is 44.0 Å². The molecule has 3 rings (SSSR count). The first-order valence-corrected chi connectivity index (χ1v) is 11.4. The van der Waals surface area contributed by atoms with Crippen LogP contribution in [0.3, 0.4) is 0 Å². The summed E-state index contributed by atoms with van der Waals surface area (Å²) >= 11 is 6.86. The summed E-state index contributed by atoms with van der Waals surface area (Å²) in [6, 6.07) is 8.24. The summed E-state index contributed by atoms with van der Waals surface area (Å²) in [7, 11) is -3.60. The van der Waals surface area contributed by atoms with Crippen LogP contribution in [0.4, 0.5) is 11.4 Å². The molecule has 12 heteroatoms. The minimum atomic E-state index is -3.60. The maximum absolute atomic E-state index is 12.7. The number of anilines is 1. The highest BCUT2D eigenvalue weighted by atomic mass is 35.5. The van der Waals surface area contributed by atoms with Crippen LogP contribution in [-0.4, -0.2) is 60.7 Å². The number of carbonyl (C=O) groups is 1. The number of carbonyl (C=O) groups excluding carboxylic acids is 1. The second-order valence-corrected chi connectivity index (χ2v) is 10.4. The van der Waals surface area contributed by atoms with E-state index < -0.39 is 21.0 Å². The molecule has 0 saturated carbocycles. The molecule has 29 heavy (non-hydrogen) atoms. The molecule has 2 aromatic rings. The molecule has 1 saturated heterocycles. The van der Waals surface area contributed by atoms with Gasteiger partial charge in [0.1, 0.15) is 4.21 Å². The first kappa shape index (κ1) is 21.7. The lowest BCUT2D eigenvalue weighted by Gasteiger charge is -2.36. The number of benzene rings is 1. The van der Waals surface area contributed by atoms with E-state index in [0.717, 1.165) is 11.3 Å². The molecule has 9 nitrogen and oxygen atoms in total. The Morgan fingerprint density at radius 1 is 1.24 bits per heavy atom. The fourth-order valence-electron chi connectivity index (χ4n) is 3.00. The van der Waals surface area contributed by atoms with E-state index in [1.165, 1.54) is 28.6 Å². The number of sulfonamides is 1. The van der Waals surface area contributed by atoms with Crippen LogP contribution < -0.4 is 5.32 Å². The molecule has 1 aromatic carbocycles. The molecule has 1 amide bonds. The summed E-state index contributed by atoms with van der Waals surface area (Å²) in [6.07, 6.45) is 0. The predicted octanol–water partition coefficient (Wildman–Crippen LogP) is 2.64. The van der Waals surface area contributed by atoms with Gasteiger partial charge in [0.05, 0.1) is 15.3 Å². The van der Waals surface area contributed by atoms with E-state index in [-0.39, 0.29) is 28.9 Å². The molecule has 0 bridgehead atoms. The molecule has 1 N–H and O–H groups in total. The van der Waals surface area contributed by atoms with Crippen molar-refractivity contribution in [1.29, 1.82) is 0 Å². The van der Waals surface area contributed by atoms with Gasteiger partial charge in [-0.1, -0.05) is 17.7 Å². The number of thiophene rings is 1. The van der Waals surface area contributed by atoms with Crippen molar-refractivity contribution < 1.29 is 18.1 Å². The number of hydrogen-bond donors (Lipinski definition) is 1. The van der Waals surface area contributed by atoms with E-state index >= 15 is 0 Å². The number of rotatable bonds is 6. The normalized spacial score (nSPS) is 17.0. The highest BCUT2D eigenvalue weighted by Crippen LogP contribution is 2.28. The first-order valence-electron chi connectivity index (χ1n) is 8.73. The number of piperazine rings is 1. The van der Waals surface area contributed by atoms with Gasteiger partial charge < -0.3 is 5.32 Å². The van der Waals surface area contributed by atoms with Gasteiger partial charge in [-0.25, -0.2) is 8.42 Å². The van der Waals surface area contributed by atoms with Crippen molar-refractivity contribution in [1.82, 2.24) is 9.21 Å². The lowest BCUT2D eigenvalue weighted by atomic mass is 10.2. The minimum Gasteiger partial charge on any atom is -0.324 e. The number of halogens is 1. The van der Waals surface area contributed by atoms with Gasteiger partial charge in [-0.15, -0.1) is 11.3 Å². The third kappa shape index (κ3) is 4.93. The number of amides is 1. The van der Waals surface area contributed by atoms with E-state index in [9.17, 15) is 23.3 Å². The molecule has 1 aliphatic rings. The third-order valence-electron chi connectivity index (χ3n) is 4.67. The predicted molar refractivity (Wildman–Crippen MR) is 111 cm³/mol. The summed E-state index contributed by atoms with van der Waals surface area (Å²) in [6.45, 7) is 3.01. The van der Waals surface area contributed by atoms with E-state index in [1.807, 2.05) is 4.90 Å². The summed E-state index contributed by atoms with van der Waals surface area (Å²) in [5.41, 5.74) is 0.231. The Labute approximate surface area is 177 Å². The Bertz CT molecular complexity index is 1020. The number of nitrogens with zero attached hydrogens (tertiary/aromatic N) is 3. The lowest BCUT2D eigenvalue weighted by molar-refractivity contribution is -0.384. The highest BCUT2D eigenvalue weighted by Gasteiger charge is 2.32. The smallest absolute Gasteiger partial charge is 0.271 e. The quantitative estimate of drug-likeness (QED) is 0.526. The zero-order chi connectivity index (χ0) is 21.2. The first-order chi connectivity index (χ1) is 13.7. The average molecular weight is 459 g/mol. The molecule has 1 fully saturated rings. The van der Waals surface area contributed by atoms with E-state index in [0.29, 0.717) is 23.1 Å². The molecular weight excluding hydrogens is 440 g/mol. The van der Waals surface area contributed by atoms with Gasteiger partial charge >= 0.3 is 0 Å². The topological polar surface area (TPSA) is 113 Å². The third-order valence-corrected chi connectivity index (χ3v) is 8.26. The summed E-state index contributed by atoms with van der Waals surface area (Å²) in [4.78, 5) is 24.7. The van der Waals surface area contributed by atoms with Crippen molar-refractivity contribution in [2.75, 3.05) is 31.5 Å². The largest absolute Gasteiger partial charge is 0.324 e. The standard InChI is InChI=1S/C17H19ClN4O5S2/c1-12(17(23)19-13-3-2-4-14(11-13)22(24)25)20-7-9-21(10-8-20)29(26,27)16-6-5-15(18)28-16/h2-6,11-12H,7-10H2,1H3,(H,19,23). The molecule has 156 valence electrons. The Morgan fingerprint density at radius 3 is 2.52 bits per heavy atom. The Balaban J connectivity index is 1.59. The van der Waals surface area contributed by atoms with Crippen molar-refractivity contribution in [3.63, 3.8) is 0 Å². The van der Waals surface area contributed by atoms with E-state index in [1.54, 1.807) is 19.1 Å². The van der Waals surface area contributed by atoms with Gasteiger partial charge in [-0.3, -0.25) is 19.8 Å². The van der Waals surface area contributed by atoms with Crippen LogP contribution in [0, 0.1) is 10.1 Å². The van der Waals surface area contributed by atoms with Crippen molar-refractivity contribution in [2.45, 2.75) is 17.2 Å². The van der Waals surface area contributed by atoms with E-state index in [2.05, 4.69) is 5.32 Å². The Morgan fingerprint density at radius 2 is 1.93 bits per heavy atom. The maximum Gasteiger partial charge on any atom is 0.271 e. The van der Waals surface area contributed by atoms with Crippen LogP contribution in [0.5, 0.6) is 0 Å². The number of hydrogen-bond acceptors (Lipinski definition) is 7. The van der Waals surface area contributed by atoms with Crippen LogP contribution in [-0.2, 0) is 14.8 Å².